The van der Waals surface area contributed by atoms with E-state index in [2.05, 4.69) is 22.6 Å². The summed E-state index contributed by atoms with van der Waals surface area (Å²) in [5, 5.41) is 11.0. The summed E-state index contributed by atoms with van der Waals surface area (Å²) in [6.07, 6.45) is -0.676. The van der Waals surface area contributed by atoms with Crippen LogP contribution >= 0.6 is 34.2 Å². The predicted molar refractivity (Wildman–Crippen MR) is 85.8 cm³/mol. The summed E-state index contributed by atoms with van der Waals surface area (Å²) in [7, 11) is 0. The number of ether oxygens (including phenoxy) is 1. The van der Waals surface area contributed by atoms with Crippen LogP contribution in [-0.4, -0.2) is 11.7 Å². The van der Waals surface area contributed by atoms with Crippen LogP contribution in [0.15, 0.2) is 42.5 Å². The van der Waals surface area contributed by atoms with Crippen molar-refractivity contribution in [2.24, 2.45) is 0 Å². The summed E-state index contributed by atoms with van der Waals surface area (Å²) in [6.45, 7) is 2.57. The molecule has 0 spiro atoms. The summed E-state index contributed by atoms with van der Waals surface area (Å²) in [6, 6.07) is 13.0. The summed E-state index contributed by atoms with van der Waals surface area (Å²) in [5.41, 5.74) is 1.61. The van der Waals surface area contributed by atoms with Gasteiger partial charge < -0.3 is 9.84 Å². The maximum atomic E-state index is 10.3. The smallest absolute Gasteiger partial charge is 0.119 e. The molecule has 100 valence electrons. The number of aliphatic hydroxyl groups excluding tert-OH is 1. The van der Waals surface area contributed by atoms with Crippen LogP contribution < -0.4 is 4.74 Å². The highest BCUT2D eigenvalue weighted by atomic mass is 127. The van der Waals surface area contributed by atoms with Gasteiger partial charge >= 0.3 is 0 Å². The van der Waals surface area contributed by atoms with Gasteiger partial charge in [0.15, 0.2) is 0 Å². The van der Waals surface area contributed by atoms with Gasteiger partial charge in [-0.15, -0.1) is 0 Å². The zero-order chi connectivity index (χ0) is 13.8. The van der Waals surface area contributed by atoms with Gasteiger partial charge in [0.25, 0.3) is 0 Å². The molecule has 2 aromatic rings. The van der Waals surface area contributed by atoms with E-state index >= 15 is 0 Å². The molecule has 0 amide bonds. The average molecular weight is 389 g/mol. The molecule has 0 bridgehead atoms. The van der Waals surface area contributed by atoms with Crippen LogP contribution in [-0.2, 0) is 0 Å². The Morgan fingerprint density at radius 1 is 1.16 bits per heavy atom. The van der Waals surface area contributed by atoms with Crippen molar-refractivity contribution in [3.8, 4) is 5.75 Å². The van der Waals surface area contributed by atoms with Gasteiger partial charge in [-0.25, -0.2) is 0 Å². The quantitative estimate of drug-likeness (QED) is 0.786. The van der Waals surface area contributed by atoms with Crippen molar-refractivity contribution in [2.45, 2.75) is 13.0 Å². The number of benzene rings is 2. The van der Waals surface area contributed by atoms with Gasteiger partial charge in [-0.1, -0.05) is 29.8 Å². The fourth-order valence-corrected chi connectivity index (χ4v) is 2.31. The SMILES string of the molecule is CCOc1ccc(C(O)c2ccc(I)c(Cl)c2)cc1. The van der Waals surface area contributed by atoms with Gasteiger partial charge in [0.1, 0.15) is 11.9 Å². The van der Waals surface area contributed by atoms with Gasteiger partial charge in [-0.2, -0.15) is 0 Å². The molecule has 19 heavy (non-hydrogen) atoms. The minimum Gasteiger partial charge on any atom is -0.494 e. The van der Waals surface area contributed by atoms with Crippen LogP contribution in [0.5, 0.6) is 5.75 Å². The lowest BCUT2D eigenvalue weighted by molar-refractivity contribution is 0.220. The first-order valence-corrected chi connectivity index (χ1v) is 7.43. The molecule has 0 aliphatic rings. The Bertz CT molecular complexity index is 555. The third-order valence-corrected chi connectivity index (χ3v) is 4.34. The molecule has 0 radical (unpaired) electrons. The minimum atomic E-state index is -0.676. The zero-order valence-electron chi connectivity index (χ0n) is 10.4. The molecule has 1 N–H and O–H groups in total. The Hall–Kier alpha value is -0.780. The second-order valence-electron chi connectivity index (χ2n) is 4.08. The highest BCUT2D eigenvalue weighted by molar-refractivity contribution is 14.1. The van der Waals surface area contributed by atoms with E-state index in [4.69, 9.17) is 16.3 Å². The first kappa shape index (κ1) is 14.6. The third kappa shape index (κ3) is 3.61. The van der Waals surface area contributed by atoms with E-state index in [-0.39, 0.29) is 0 Å². The lowest BCUT2D eigenvalue weighted by atomic mass is 10.0. The first-order valence-electron chi connectivity index (χ1n) is 5.97. The highest BCUT2D eigenvalue weighted by Gasteiger charge is 2.11. The number of aliphatic hydroxyl groups is 1. The number of hydrogen-bond donors (Lipinski definition) is 1. The van der Waals surface area contributed by atoms with Gasteiger partial charge in [0.05, 0.1) is 11.6 Å². The van der Waals surface area contributed by atoms with Crippen molar-refractivity contribution in [3.05, 3.63) is 62.2 Å². The maximum absolute atomic E-state index is 10.3. The van der Waals surface area contributed by atoms with Crippen LogP contribution in [0.25, 0.3) is 0 Å². The fraction of sp³-hybridized carbons (Fsp3) is 0.200. The summed E-state index contributed by atoms with van der Waals surface area (Å²) < 4.78 is 6.35. The Balaban J connectivity index is 2.22. The molecule has 2 nitrogen and oxygen atoms in total. The van der Waals surface area contributed by atoms with Crippen LogP contribution in [0.3, 0.4) is 0 Å². The minimum absolute atomic E-state index is 0.634. The standard InChI is InChI=1S/C15H14ClIO2/c1-2-19-12-6-3-10(4-7-12)15(18)11-5-8-14(17)13(16)9-11/h3-9,15,18H,2H2,1H3. The Labute approximate surface area is 131 Å². The van der Waals surface area contributed by atoms with E-state index in [0.717, 1.165) is 20.4 Å². The maximum Gasteiger partial charge on any atom is 0.119 e. The van der Waals surface area contributed by atoms with Crippen LogP contribution in [0, 0.1) is 3.57 Å². The van der Waals surface area contributed by atoms with Gasteiger partial charge in [-0.05, 0) is 64.9 Å². The van der Waals surface area contributed by atoms with Crippen LogP contribution in [0.2, 0.25) is 5.02 Å². The molecule has 4 heteroatoms. The molecule has 2 rings (SSSR count). The average Bonchev–Trinajstić information content (AvgIpc) is 2.42. The van der Waals surface area contributed by atoms with Crippen molar-refractivity contribution in [2.75, 3.05) is 6.61 Å². The van der Waals surface area contributed by atoms with Gasteiger partial charge in [0, 0.05) is 3.57 Å². The number of hydrogen-bond acceptors (Lipinski definition) is 2. The molecule has 0 fully saturated rings. The molecule has 0 saturated heterocycles. The van der Waals surface area contributed by atoms with Crippen molar-refractivity contribution in [3.63, 3.8) is 0 Å². The monoisotopic (exact) mass is 388 g/mol. The third-order valence-electron chi connectivity index (χ3n) is 2.77. The van der Waals surface area contributed by atoms with Crippen LogP contribution in [0.1, 0.15) is 24.2 Å². The van der Waals surface area contributed by atoms with E-state index in [0.29, 0.717) is 11.6 Å². The van der Waals surface area contributed by atoms with Crippen molar-refractivity contribution < 1.29 is 9.84 Å². The van der Waals surface area contributed by atoms with Crippen molar-refractivity contribution >= 4 is 34.2 Å². The van der Waals surface area contributed by atoms with E-state index in [1.54, 1.807) is 6.07 Å². The van der Waals surface area contributed by atoms with E-state index < -0.39 is 6.10 Å². The Kier molecular flexibility index (Phi) is 5.07. The van der Waals surface area contributed by atoms with E-state index in [1.165, 1.54) is 0 Å². The molecular weight excluding hydrogens is 375 g/mol. The normalized spacial score (nSPS) is 12.2. The number of rotatable bonds is 4. The zero-order valence-corrected chi connectivity index (χ0v) is 13.4. The molecule has 0 aliphatic carbocycles. The fourth-order valence-electron chi connectivity index (χ4n) is 1.79. The molecule has 2 aromatic carbocycles. The number of halogens is 2. The predicted octanol–water partition coefficient (Wildman–Crippen LogP) is 4.43. The topological polar surface area (TPSA) is 29.5 Å². The molecule has 1 unspecified atom stereocenters. The van der Waals surface area contributed by atoms with Crippen molar-refractivity contribution in [1.82, 2.24) is 0 Å². The molecule has 0 aromatic heterocycles. The van der Waals surface area contributed by atoms with Gasteiger partial charge in [-0.3, -0.25) is 0 Å². The molecule has 0 saturated carbocycles. The Morgan fingerprint density at radius 2 is 1.79 bits per heavy atom. The molecule has 1 atom stereocenters. The van der Waals surface area contributed by atoms with E-state index in [1.807, 2.05) is 43.3 Å². The molecular formula is C15H14ClIO2. The molecule has 0 heterocycles. The van der Waals surface area contributed by atoms with Crippen molar-refractivity contribution in [1.29, 1.82) is 0 Å². The highest BCUT2D eigenvalue weighted by Crippen LogP contribution is 2.28. The largest absolute Gasteiger partial charge is 0.494 e. The second-order valence-corrected chi connectivity index (χ2v) is 5.65. The summed E-state index contributed by atoms with van der Waals surface area (Å²) in [5.74, 6) is 0.805. The van der Waals surface area contributed by atoms with Gasteiger partial charge in [0.2, 0.25) is 0 Å². The molecule has 0 aliphatic heterocycles. The second kappa shape index (κ2) is 6.59. The summed E-state index contributed by atoms with van der Waals surface area (Å²) >= 11 is 8.24. The van der Waals surface area contributed by atoms with E-state index in [9.17, 15) is 5.11 Å². The van der Waals surface area contributed by atoms with Crippen LogP contribution in [0.4, 0.5) is 0 Å². The lowest BCUT2D eigenvalue weighted by Crippen LogP contribution is -2.00. The Morgan fingerprint density at radius 3 is 2.37 bits per heavy atom. The summed E-state index contributed by atoms with van der Waals surface area (Å²) in [4.78, 5) is 0. The lowest BCUT2D eigenvalue weighted by Gasteiger charge is -2.13. The first-order chi connectivity index (χ1) is 9.11.